The van der Waals surface area contributed by atoms with Crippen LogP contribution in [0.2, 0.25) is 10.0 Å². The minimum Gasteiger partial charge on any atom is -0.281 e. The number of halogens is 2. The van der Waals surface area contributed by atoms with Crippen LogP contribution in [0.3, 0.4) is 0 Å². The molecular weight excluding hydrogens is 385 g/mol. The normalized spacial score (nSPS) is 15.7. The van der Waals surface area contributed by atoms with Crippen molar-refractivity contribution in [2.24, 2.45) is 4.99 Å². The van der Waals surface area contributed by atoms with E-state index in [0.717, 1.165) is 17.3 Å². The topological polar surface area (TPSA) is 46.5 Å². The largest absolute Gasteiger partial charge is 0.285 e. The number of thioether (sulfide) groups is 2. The Labute approximate surface area is 157 Å². The van der Waals surface area contributed by atoms with E-state index in [2.05, 4.69) is 4.99 Å². The predicted molar refractivity (Wildman–Crippen MR) is 103 cm³/mol. The fourth-order valence-corrected chi connectivity index (χ4v) is 4.05. The first kappa shape index (κ1) is 17.3. The summed E-state index contributed by atoms with van der Waals surface area (Å²) in [6.45, 7) is 0. The molecule has 0 saturated carbocycles. The maximum atomic E-state index is 12.2. The monoisotopic (exact) mass is 393 g/mol. The summed E-state index contributed by atoms with van der Waals surface area (Å²) in [5, 5.41) is 0.922. The van der Waals surface area contributed by atoms with E-state index < -0.39 is 0 Å². The third-order valence-corrected chi connectivity index (χ3v) is 5.61. The molecule has 2 aromatic carbocycles. The Bertz CT molecular complexity index is 876. The van der Waals surface area contributed by atoms with Crippen molar-refractivity contribution in [1.82, 2.24) is 0 Å². The lowest BCUT2D eigenvalue weighted by molar-refractivity contribution is -0.113. The van der Waals surface area contributed by atoms with Gasteiger partial charge in [0.2, 0.25) is 5.12 Å². The highest BCUT2D eigenvalue weighted by atomic mass is 35.5. The maximum absolute atomic E-state index is 12.2. The van der Waals surface area contributed by atoms with E-state index in [1.165, 1.54) is 11.8 Å². The highest BCUT2D eigenvalue weighted by Gasteiger charge is 2.25. The minimum atomic E-state index is -0.369. The zero-order chi connectivity index (χ0) is 17.1. The summed E-state index contributed by atoms with van der Waals surface area (Å²) >= 11 is 14.0. The summed E-state index contributed by atoms with van der Waals surface area (Å²) in [4.78, 5) is 28.6. The molecule has 120 valence electrons. The second-order valence-electron chi connectivity index (χ2n) is 4.71. The summed E-state index contributed by atoms with van der Waals surface area (Å²) in [5.41, 5.74) is 1.24. The average molecular weight is 394 g/mol. The Kier molecular flexibility index (Phi) is 5.46. The van der Waals surface area contributed by atoms with Crippen molar-refractivity contribution in [3.63, 3.8) is 0 Å². The number of carbonyl (C=O) groups excluding carboxylic acids is 2. The van der Waals surface area contributed by atoms with E-state index >= 15 is 0 Å². The molecule has 0 fully saturated rings. The standard InChI is InChI=1S/C17H9Cl2NO2S2/c18-12-7-5-10(6-8-12)16(22)24-17-20-15(21)14(23-17)9-11-3-1-2-4-13(11)19/h1-9H. The van der Waals surface area contributed by atoms with Gasteiger partial charge in [0, 0.05) is 15.6 Å². The lowest BCUT2D eigenvalue weighted by atomic mass is 10.2. The Morgan fingerprint density at radius 1 is 1.08 bits per heavy atom. The zero-order valence-electron chi connectivity index (χ0n) is 12.0. The molecule has 0 atom stereocenters. The fourth-order valence-electron chi connectivity index (χ4n) is 1.89. The second-order valence-corrected chi connectivity index (χ2v) is 7.81. The molecule has 0 bridgehead atoms. The number of carbonyl (C=O) groups is 2. The van der Waals surface area contributed by atoms with Crippen LogP contribution in [0.1, 0.15) is 15.9 Å². The van der Waals surface area contributed by atoms with Crippen LogP contribution < -0.4 is 0 Å². The second kappa shape index (κ2) is 7.57. The number of nitrogens with zero attached hydrogens (tertiary/aromatic N) is 1. The van der Waals surface area contributed by atoms with Crippen LogP contribution in [-0.2, 0) is 4.79 Å². The van der Waals surface area contributed by atoms with Crippen LogP contribution in [0.15, 0.2) is 58.4 Å². The highest BCUT2D eigenvalue weighted by Crippen LogP contribution is 2.35. The van der Waals surface area contributed by atoms with Crippen molar-refractivity contribution in [2.45, 2.75) is 0 Å². The lowest BCUT2D eigenvalue weighted by Gasteiger charge is -2.00. The third-order valence-electron chi connectivity index (χ3n) is 3.05. The molecule has 1 aliphatic rings. The smallest absolute Gasteiger partial charge is 0.281 e. The minimum absolute atomic E-state index is 0.190. The Balaban J connectivity index is 1.72. The number of amides is 1. The summed E-state index contributed by atoms with van der Waals surface area (Å²) in [6.07, 6.45) is 1.68. The Morgan fingerprint density at radius 3 is 2.50 bits per heavy atom. The van der Waals surface area contributed by atoms with Gasteiger partial charge in [-0.3, -0.25) is 9.59 Å². The van der Waals surface area contributed by atoms with Crippen molar-refractivity contribution in [2.75, 3.05) is 0 Å². The van der Waals surface area contributed by atoms with Gasteiger partial charge in [-0.05, 0) is 53.7 Å². The first-order valence-electron chi connectivity index (χ1n) is 6.78. The van der Waals surface area contributed by atoms with Crippen LogP contribution in [0.5, 0.6) is 0 Å². The summed E-state index contributed by atoms with van der Waals surface area (Å²) < 4.78 is 0.401. The molecule has 24 heavy (non-hydrogen) atoms. The summed E-state index contributed by atoms with van der Waals surface area (Å²) in [5.74, 6) is -0.369. The van der Waals surface area contributed by atoms with Crippen LogP contribution >= 0.6 is 46.7 Å². The van der Waals surface area contributed by atoms with Gasteiger partial charge >= 0.3 is 0 Å². The molecule has 0 aliphatic carbocycles. The predicted octanol–water partition coefficient (Wildman–Crippen LogP) is 5.54. The zero-order valence-corrected chi connectivity index (χ0v) is 15.2. The quantitative estimate of drug-likeness (QED) is 0.628. The number of aliphatic imine (C=N–C) groups is 1. The first-order valence-corrected chi connectivity index (χ1v) is 9.16. The molecule has 0 aromatic heterocycles. The molecule has 7 heteroatoms. The average Bonchev–Trinajstić information content (AvgIpc) is 2.89. The molecule has 1 aliphatic heterocycles. The lowest BCUT2D eigenvalue weighted by Crippen LogP contribution is -1.95. The highest BCUT2D eigenvalue weighted by molar-refractivity contribution is 8.46. The van der Waals surface area contributed by atoms with E-state index in [-0.39, 0.29) is 11.0 Å². The van der Waals surface area contributed by atoms with Gasteiger partial charge in [0.05, 0.1) is 4.91 Å². The van der Waals surface area contributed by atoms with Gasteiger partial charge in [0.15, 0.2) is 0 Å². The number of hydrogen-bond acceptors (Lipinski definition) is 4. The van der Waals surface area contributed by atoms with Crippen LogP contribution in [0.25, 0.3) is 6.08 Å². The molecule has 0 saturated heterocycles. The number of hydrogen-bond donors (Lipinski definition) is 0. The van der Waals surface area contributed by atoms with Gasteiger partial charge in [-0.15, -0.1) is 0 Å². The van der Waals surface area contributed by atoms with Gasteiger partial charge in [0.25, 0.3) is 5.91 Å². The van der Waals surface area contributed by atoms with E-state index in [1.54, 1.807) is 36.4 Å². The molecule has 1 amide bonds. The van der Waals surface area contributed by atoms with E-state index in [4.69, 9.17) is 23.2 Å². The van der Waals surface area contributed by atoms with Crippen LogP contribution in [0.4, 0.5) is 0 Å². The molecule has 0 unspecified atom stereocenters. The van der Waals surface area contributed by atoms with Crippen LogP contribution in [-0.4, -0.2) is 15.4 Å². The molecule has 3 nitrogen and oxygen atoms in total. The van der Waals surface area contributed by atoms with Crippen molar-refractivity contribution < 1.29 is 9.59 Å². The Hall–Kier alpha value is -1.53. The summed E-state index contributed by atoms with van der Waals surface area (Å²) in [6, 6.07) is 13.8. The van der Waals surface area contributed by atoms with E-state index in [9.17, 15) is 9.59 Å². The van der Waals surface area contributed by atoms with Gasteiger partial charge in [0.1, 0.15) is 4.38 Å². The van der Waals surface area contributed by atoms with Gasteiger partial charge in [-0.1, -0.05) is 53.2 Å². The fraction of sp³-hybridized carbons (Fsp3) is 0. The molecule has 2 aromatic rings. The van der Waals surface area contributed by atoms with Crippen molar-refractivity contribution in [3.05, 3.63) is 74.6 Å². The van der Waals surface area contributed by atoms with E-state index in [1.807, 2.05) is 18.2 Å². The SMILES string of the molecule is O=C1N=C(SC(=O)c2ccc(Cl)cc2)SC1=Cc1ccccc1Cl. The van der Waals surface area contributed by atoms with Gasteiger partial charge in [-0.2, -0.15) is 4.99 Å². The molecule has 0 spiro atoms. The number of rotatable bonds is 2. The molecule has 3 rings (SSSR count). The van der Waals surface area contributed by atoms with Crippen molar-refractivity contribution >= 4 is 68.2 Å². The summed E-state index contributed by atoms with van der Waals surface area (Å²) in [7, 11) is 0. The van der Waals surface area contributed by atoms with Gasteiger partial charge < -0.3 is 0 Å². The maximum Gasteiger partial charge on any atom is 0.285 e. The van der Waals surface area contributed by atoms with Crippen molar-refractivity contribution in [3.8, 4) is 0 Å². The first-order chi connectivity index (χ1) is 11.5. The third kappa shape index (κ3) is 4.11. The van der Waals surface area contributed by atoms with E-state index in [0.29, 0.717) is 24.9 Å². The van der Waals surface area contributed by atoms with Gasteiger partial charge in [-0.25, -0.2) is 0 Å². The van der Waals surface area contributed by atoms with Crippen LogP contribution in [0, 0.1) is 0 Å². The molecule has 0 N–H and O–H groups in total. The molecular formula is C17H9Cl2NO2S2. The number of benzene rings is 2. The Morgan fingerprint density at radius 2 is 1.79 bits per heavy atom. The van der Waals surface area contributed by atoms with Crippen molar-refractivity contribution in [1.29, 1.82) is 0 Å². The molecule has 1 heterocycles. The molecule has 0 radical (unpaired) electrons.